The Morgan fingerprint density at radius 2 is 2.09 bits per heavy atom. The summed E-state index contributed by atoms with van der Waals surface area (Å²) in [5.41, 5.74) is 1.19. The second kappa shape index (κ2) is 6.24. The molecule has 0 bridgehead atoms. The molecular formula is C9H11ORb. The van der Waals surface area contributed by atoms with Crippen LogP contribution in [0.15, 0.2) is 24.3 Å². The predicted molar refractivity (Wildman–Crippen MR) is 42.1 cm³/mol. The van der Waals surface area contributed by atoms with Gasteiger partial charge >= 0.3 is 58.2 Å². The number of benzene rings is 1. The normalized spacial score (nSPS) is 8.18. The van der Waals surface area contributed by atoms with E-state index in [1.54, 1.807) is 7.11 Å². The van der Waals surface area contributed by atoms with Crippen molar-refractivity contribution in [3.8, 4) is 5.75 Å². The molecule has 0 saturated heterocycles. The number of hydrogen-bond donors (Lipinski definition) is 0. The largest absolute Gasteiger partial charge is 1.00 e. The molecule has 1 nitrogen and oxygen atoms in total. The fraction of sp³-hybridized carbons (Fsp3) is 0.222. The Morgan fingerprint density at radius 3 is 2.64 bits per heavy atom. The zero-order valence-electron chi connectivity index (χ0n) is 7.29. The van der Waals surface area contributed by atoms with E-state index in [-0.39, 0.29) is 58.2 Å². The third-order valence-electron chi connectivity index (χ3n) is 1.43. The summed E-state index contributed by atoms with van der Waals surface area (Å²) in [5, 5.41) is 0. The Hall–Kier alpha value is 0.695. The van der Waals surface area contributed by atoms with Gasteiger partial charge in [-0.15, -0.1) is 12.1 Å². The first-order valence-electron chi connectivity index (χ1n) is 3.30. The molecule has 0 aliphatic carbocycles. The maximum atomic E-state index is 5.04. The second-order valence-corrected chi connectivity index (χ2v) is 2.07. The van der Waals surface area contributed by atoms with Gasteiger partial charge < -0.3 is 4.74 Å². The van der Waals surface area contributed by atoms with Crippen LogP contribution in [0.25, 0.3) is 0 Å². The van der Waals surface area contributed by atoms with Gasteiger partial charge in [-0.3, -0.25) is 0 Å². The van der Waals surface area contributed by atoms with E-state index < -0.39 is 0 Å². The first-order valence-corrected chi connectivity index (χ1v) is 3.30. The minimum Gasteiger partial charge on any atom is -0.510 e. The van der Waals surface area contributed by atoms with Crippen LogP contribution in [0.3, 0.4) is 0 Å². The van der Waals surface area contributed by atoms with E-state index >= 15 is 0 Å². The van der Waals surface area contributed by atoms with Crippen molar-refractivity contribution in [2.45, 2.75) is 6.92 Å². The van der Waals surface area contributed by atoms with Crippen LogP contribution >= 0.6 is 0 Å². The fourth-order valence-corrected chi connectivity index (χ4v) is 0.821. The van der Waals surface area contributed by atoms with E-state index in [2.05, 4.69) is 0 Å². The number of methoxy groups -OCH3 is 1. The van der Waals surface area contributed by atoms with Crippen molar-refractivity contribution in [3.63, 3.8) is 0 Å². The van der Waals surface area contributed by atoms with Gasteiger partial charge in [0.15, 0.2) is 0 Å². The summed E-state index contributed by atoms with van der Waals surface area (Å²) in [5.74, 6) is 0.913. The van der Waals surface area contributed by atoms with Crippen LogP contribution in [0.1, 0.15) is 12.5 Å². The quantitative estimate of drug-likeness (QED) is 0.598. The smallest absolute Gasteiger partial charge is 0.510 e. The van der Waals surface area contributed by atoms with Gasteiger partial charge in [0.2, 0.25) is 0 Å². The molecule has 0 unspecified atom stereocenters. The average molecular weight is 221 g/mol. The van der Waals surface area contributed by atoms with Crippen LogP contribution in [0.5, 0.6) is 5.75 Å². The van der Waals surface area contributed by atoms with E-state index in [1.807, 2.05) is 37.6 Å². The molecule has 1 rings (SSSR count). The Kier molecular flexibility index (Phi) is 6.63. The minimum atomic E-state index is 0. The number of rotatable bonds is 2. The van der Waals surface area contributed by atoms with E-state index in [0.717, 1.165) is 5.75 Å². The second-order valence-electron chi connectivity index (χ2n) is 2.07. The van der Waals surface area contributed by atoms with Crippen molar-refractivity contribution in [2.75, 3.05) is 7.11 Å². The molecule has 0 amide bonds. The van der Waals surface area contributed by atoms with Crippen LogP contribution in [-0.2, 0) is 0 Å². The number of ether oxygens (including phenoxy) is 1. The molecule has 54 valence electrons. The third kappa shape index (κ3) is 3.74. The third-order valence-corrected chi connectivity index (χ3v) is 1.43. The summed E-state index contributed by atoms with van der Waals surface area (Å²) in [4.78, 5) is 0. The monoisotopic (exact) mass is 220 g/mol. The van der Waals surface area contributed by atoms with E-state index in [1.165, 1.54) is 5.56 Å². The molecule has 0 atom stereocenters. The van der Waals surface area contributed by atoms with Crippen molar-refractivity contribution < 1.29 is 62.9 Å². The first kappa shape index (κ1) is 11.7. The molecule has 11 heavy (non-hydrogen) atoms. The fourth-order valence-electron chi connectivity index (χ4n) is 0.821. The molecule has 2 heteroatoms. The Bertz CT molecular complexity index is 191. The van der Waals surface area contributed by atoms with Gasteiger partial charge in [-0.25, -0.2) is 0 Å². The molecule has 0 fully saturated rings. The molecule has 0 saturated carbocycles. The van der Waals surface area contributed by atoms with Crippen molar-refractivity contribution in [3.05, 3.63) is 36.2 Å². The summed E-state index contributed by atoms with van der Waals surface area (Å²) < 4.78 is 5.04. The van der Waals surface area contributed by atoms with Gasteiger partial charge in [-0.05, 0) is 6.07 Å². The van der Waals surface area contributed by atoms with Crippen LogP contribution in [0, 0.1) is 6.42 Å². The Morgan fingerprint density at radius 1 is 1.36 bits per heavy atom. The predicted octanol–water partition coefficient (Wildman–Crippen LogP) is -0.729. The zero-order chi connectivity index (χ0) is 7.40. The van der Waals surface area contributed by atoms with Gasteiger partial charge in [0.25, 0.3) is 0 Å². The molecule has 0 radical (unpaired) electrons. The Balaban J connectivity index is 0.000001000. The van der Waals surface area contributed by atoms with Crippen LogP contribution < -0.4 is 62.9 Å². The van der Waals surface area contributed by atoms with Gasteiger partial charge in [-0.1, -0.05) is 6.92 Å². The van der Waals surface area contributed by atoms with Crippen LogP contribution in [0.4, 0.5) is 0 Å². The summed E-state index contributed by atoms with van der Waals surface area (Å²) in [6.45, 7) is 2.01. The van der Waals surface area contributed by atoms with Crippen molar-refractivity contribution in [2.24, 2.45) is 0 Å². The molecule has 0 aromatic heterocycles. The summed E-state index contributed by atoms with van der Waals surface area (Å²) in [6.07, 6.45) is 2.04. The maximum absolute atomic E-state index is 5.04. The van der Waals surface area contributed by atoms with E-state index in [9.17, 15) is 0 Å². The summed E-state index contributed by atoms with van der Waals surface area (Å²) >= 11 is 0. The summed E-state index contributed by atoms with van der Waals surface area (Å²) in [6, 6.07) is 7.96. The average Bonchev–Trinajstić information content (AvgIpc) is 2.05. The first-order chi connectivity index (χ1) is 4.86. The molecular weight excluding hydrogens is 210 g/mol. The molecule has 0 aliphatic heterocycles. The maximum Gasteiger partial charge on any atom is 1.00 e. The van der Waals surface area contributed by atoms with Gasteiger partial charge in [0.1, 0.15) is 0 Å². The molecule has 0 spiro atoms. The zero-order valence-corrected chi connectivity index (χ0v) is 12.2. The summed E-state index contributed by atoms with van der Waals surface area (Å²) in [7, 11) is 1.68. The number of hydrogen-bond acceptors (Lipinski definition) is 1. The van der Waals surface area contributed by atoms with E-state index in [0.29, 0.717) is 0 Å². The standard InChI is InChI=1S/C9H11O.Rb/c1-3-8-5-4-6-9(7-8)10-2;/h3-7H,1-2H3;/q-1;+1. The van der Waals surface area contributed by atoms with Gasteiger partial charge in [0.05, 0.1) is 12.9 Å². The molecule has 0 N–H and O–H groups in total. The van der Waals surface area contributed by atoms with Crippen molar-refractivity contribution in [1.29, 1.82) is 0 Å². The molecule has 0 heterocycles. The minimum absolute atomic E-state index is 0. The van der Waals surface area contributed by atoms with Crippen molar-refractivity contribution in [1.82, 2.24) is 0 Å². The topological polar surface area (TPSA) is 9.23 Å². The molecule has 0 aliphatic rings. The van der Waals surface area contributed by atoms with Gasteiger partial charge in [0, 0.05) is 0 Å². The molecule has 1 aromatic rings. The van der Waals surface area contributed by atoms with Crippen molar-refractivity contribution >= 4 is 0 Å². The molecule has 1 aromatic carbocycles. The van der Waals surface area contributed by atoms with Crippen LogP contribution in [0.2, 0.25) is 0 Å². The van der Waals surface area contributed by atoms with Crippen LogP contribution in [-0.4, -0.2) is 7.11 Å². The Labute approximate surface area is 117 Å². The van der Waals surface area contributed by atoms with E-state index in [4.69, 9.17) is 4.74 Å². The van der Waals surface area contributed by atoms with Gasteiger partial charge in [-0.2, -0.15) is 18.1 Å². The SMILES string of the molecule is C[CH-]c1cccc(OC)c1.[Rb+].